The van der Waals surface area contributed by atoms with Gasteiger partial charge in [-0.2, -0.15) is 13.2 Å². The van der Waals surface area contributed by atoms with Crippen LogP contribution in [0.15, 0.2) is 42.5 Å². The van der Waals surface area contributed by atoms with Crippen molar-refractivity contribution < 1.29 is 27.8 Å². The normalized spacial score (nSPS) is 13.7. The Morgan fingerprint density at radius 3 is 2.52 bits per heavy atom. The molecule has 0 heterocycles. The average molecular weight is 422 g/mol. The van der Waals surface area contributed by atoms with Crippen molar-refractivity contribution in [2.75, 3.05) is 6.54 Å². The van der Waals surface area contributed by atoms with Gasteiger partial charge in [-0.25, -0.2) is 0 Å². The number of alkyl halides is 3. The van der Waals surface area contributed by atoms with E-state index >= 15 is 0 Å². The molecule has 0 aliphatic heterocycles. The molecule has 0 aromatic heterocycles. The average Bonchev–Trinajstić information content (AvgIpc) is 2.60. The number of amides is 1. The number of hydrogen-bond donors (Lipinski definition) is 2. The van der Waals surface area contributed by atoms with Gasteiger partial charge in [-0.05, 0) is 36.8 Å². The number of rotatable bonds is 6. The first-order chi connectivity index (χ1) is 12.6. The topological polar surface area (TPSA) is 58.6 Å². The summed E-state index contributed by atoms with van der Waals surface area (Å²) in [6.07, 6.45) is -7.13. The molecule has 0 aliphatic carbocycles. The third kappa shape index (κ3) is 5.76. The summed E-state index contributed by atoms with van der Waals surface area (Å²) in [7, 11) is 0. The van der Waals surface area contributed by atoms with E-state index in [0.29, 0.717) is 5.02 Å². The van der Waals surface area contributed by atoms with Crippen LogP contribution < -0.4 is 10.1 Å². The molecule has 2 aromatic carbocycles. The minimum Gasteiger partial charge on any atom is -0.479 e. The smallest absolute Gasteiger partial charge is 0.416 e. The van der Waals surface area contributed by atoms with Crippen LogP contribution in [0, 0.1) is 0 Å². The number of ether oxygens (including phenoxy) is 1. The second-order valence-corrected chi connectivity index (χ2v) is 6.52. The van der Waals surface area contributed by atoms with Gasteiger partial charge < -0.3 is 15.2 Å². The second kappa shape index (κ2) is 8.82. The molecule has 0 fully saturated rings. The Labute approximate surface area is 163 Å². The predicted octanol–water partition coefficient (Wildman–Crippen LogP) is 4.63. The van der Waals surface area contributed by atoms with E-state index in [9.17, 15) is 23.1 Å². The highest BCUT2D eigenvalue weighted by Crippen LogP contribution is 2.34. The Morgan fingerprint density at radius 2 is 1.89 bits per heavy atom. The van der Waals surface area contributed by atoms with Crippen molar-refractivity contribution in [2.45, 2.75) is 25.3 Å². The van der Waals surface area contributed by atoms with Crippen LogP contribution in [0.4, 0.5) is 13.2 Å². The molecule has 27 heavy (non-hydrogen) atoms. The van der Waals surface area contributed by atoms with Crippen molar-refractivity contribution in [1.29, 1.82) is 0 Å². The number of halogens is 5. The molecule has 0 bridgehead atoms. The first-order valence-electron chi connectivity index (χ1n) is 7.83. The van der Waals surface area contributed by atoms with Crippen molar-refractivity contribution in [3.8, 4) is 5.75 Å². The zero-order chi connectivity index (χ0) is 20.2. The lowest BCUT2D eigenvalue weighted by Gasteiger charge is -2.20. The lowest BCUT2D eigenvalue weighted by atomic mass is 10.0. The molecule has 9 heteroatoms. The molecule has 4 nitrogen and oxygen atoms in total. The van der Waals surface area contributed by atoms with Gasteiger partial charge in [0.15, 0.2) is 6.10 Å². The maximum absolute atomic E-state index is 13.0. The summed E-state index contributed by atoms with van der Waals surface area (Å²) < 4.78 is 44.4. The van der Waals surface area contributed by atoms with E-state index in [1.807, 2.05) is 0 Å². The zero-order valence-corrected chi connectivity index (χ0v) is 15.6. The maximum Gasteiger partial charge on any atom is 0.416 e. The molecule has 2 unspecified atom stereocenters. The number of nitrogens with one attached hydrogen (secondary N) is 1. The first-order valence-corrected chi connectivity index (χ1v) is 8.58. The summed E-state index contributed by atoms with van der Waals surface area (Å²) in [6.45, 7) is 1.03. The molecule has 146 valence electrons. The highest BCUT2D eigenvalue weighted by Gasteiger charge is 2.34. The molecule has 2 N–H and O–H groups in total. The SMILES string of the molecule is CC(Oc1ccc(Cl)cc1Cl)C(=O)NCC(O)c1ccccc1C(F)(F)F. The summed E-state index contributed by atoms with van der Waals surface area (Å²) >= 11 is 11.7. The van der Waals surface area contributed by atoms with Crippen LogP contribution in [0.3, 0.4) is 0 Å². The van der Waals surface area contributed by atoms with E-state index in [-0.39, 0.29) is 16.3 Å². The first kappa shape index (κ1) is 21.3. The molecule has 0 saturated carbocycles. The third-order valence-electron chi connectivity index (χ3n) is 3.66. The number of aliphatic hydroxyl groups excluding tert-OH is 1. The van der Waals surface area contributed by atoms with Gasteiger partial charge in [-0.1, -0.05) is 41.4 Å². The Balaban J connectivity index is 1.99. The predicted molar refractivity (Wildman–Crippen MR) is 96.0 cm³/mol. The van der Waals surface area contributed by atoms with E-state index in [0.717, 1.165) is 12.1 Å². The van der Waals surface area contributed by atoms with Gasteiger partial charge in [-0.3, -0.25) is 4.79 Å². The second-order valence-electron chi connectivity index (χ2n) is 5.68. The summed E-state index contributed by atoms with van der Waals surface area (Å²) in [5, 5.41) is 13.0. The van der Waals surface area contributed by atoms with E-state index in [1.165, 1.54) is 37.3 Å². The molecule has 0 radical (unpaired) electrons. The van der Waals surface area contributed by atoms with Crippen LogP contribution >= 0.6 is 23.2 Å². The Bertz CT molecular complexity index is 815. The van der Waals surface area contributed by atoms with Crippen LogP contribution in [-0.4, -0.2) is 23.7 Å². The number of carbonyl (C=O) groups is 1. The fourth-order valence-electron chi connectivity index (χ4n) is 2.31. The minimum atomic E-state index is -4.61. The number of aliphatic hydroxyl groups is 1. The summed E-state index contributed by atoms with van der Waals surface area (Å²) in [5.41, 5.74) is -1.27. The van der Waals surface area contributed by atoms with E-state index in [1.54, 1.807) is 0 Å². The molecule has 2 rings (SSSR count). The maximum atomic E-state index is 13.0. The standard InChI is InChI=1S/C18H16Cl2F3NO3/c1-10(27-16-7-6-11(19)8-14(16)20)17(26)24-9-15(25)12-4-2-3-5-13(12)18(21,22)23/h2-8,10,15,25H,9H2,1H3,(H,24,26). The van der Waals surface area contributed by atoms with Crippen molar-refractivity contribution >= 4 is 29.1 Å². The largest absolute Gasteiger partial charge is 0.479 e. The van der Waals surface area contributed by atoms with Crippen LogP contribution in [0.25, 0.3) is 0 Å². The minimum absolute atomic E-state index is 0.210. The number of benzene rings is 2. The molecule has 0 spiro atoms. The van der Waals surface area contributed by atoms with Crippen LogP contribution in [0.5, 0.6) is 5.75 Å². The summed E-state index contributed by atoms with van der Waals surface area (Å²) in [5.74, 6) is -0.392. The van der Waals surface area contributed by atoms with Crippen molar-refractivity contribution in [3.63, 3.8) is 0 Å². The lowest BCUT2D eigenvalue weighted by molar-refractivity contribution is -0.139. The van der Waals surface area contributed by atoms with Crippen molar-refractivity contribution in [2.24, 2.45) is 0 Å². The van der Waals surface area contributed by atoms with Crippen molar-refractivity contribution in [1.82, 2.24) is 5.32 Å². The molecular formula is C18H16Cl2F3NO3. The van der Waals surface area contributed by atoms with Gasteiger partial charge in [0.1, 0.15) is 5.75 Å². The molecule has 0 aliphatic rings. The Kier molecular flexibility index (Phi) is 6.97. The molecule has 1 amide bonds. The molecule has 2 atom stereocenters. The molecule has 2 aromatic rings. The number of hydrogen-bond acceptors (Lipinski definition) is 3. The lowest BCUT2D eigenvalue weighted by Crippen LogP contribution is -2.38. The Morgan fingerprint density at radius 1 is 1.22 bits per heavy atom. The van der Waals surface area contributed by atoms with Gasteiger partial charge in [0.2, 0.25) is 0 Å². The molecule has 0 saturated heterocycles. The van der Waals surface area contributed by atoms with Gasteiger partial charge in [0, 0.05) is 11.6 Å². The number of carbonyl (C=O) groups excluding carboxylic acids is 1. The van der Waals surface area contributed by atoms with Gasteiger partial charge >= 0.3 is 6.18 Å². The van der Waals surface area contributed by atoms with Gasteiger partial charge in [0.25, 0.3) is 5.91 Å². The van der Waals surface area contributed by atoms with Crippen LogP contribution in [-0.2, 0) is 11.0 Å². The quantitative estimate of drug-likeness (QED) is 0.714. The van der Waals surface area contributed by atoms with Crippen LogP contribution in [0.2, 0.25) is 10.0 Å². The van der Waals surface area contributed by atoms with E-state index in [4.69, 9.17) is 27.9 Å². The van der Waals surface area contributed by atoms with Crippen molar-refractivity contribution in [3.05, 3.63) is 63.6 Å². The summed E-state index contributed by atoms with van der Waals surface area (Å²) in [4.78, 5) is 12.1. The fraction of sp³-hybridized carbons (Fsp3) is 0.278. The highest BCUT2D eigenvalue weighted by atomic mass is 35.5. The van der Waals surface area contributed by atoms with E-state index in [2.05, 4.69) is 5.32 Å². The van der Waals surface area contributed by atoms with Gasteiger partial charge in [0.05, 0.1) is 16.7 Å². The zero-order valence-electron chi connectivity index (χ0n) is 14.1. The molecular weight excluding hydrogens is 406 g/mol. The summed E-state index contributed by atoms with van der Waals surface area (Å²) in [6, 6.07) is 9.10. The third-order valence-corrected chi connectivity index (χ3v) is 4.19. The monoisotopic (exact) mass is 421 g/mol. The van der Waals surface area contributed by atoms with E-state index < -0.39 is 36.4 Å². The Hall–Kier alpha value is -1.96. The highest BCUT2D eigenvalue weighted by molar-refractivity contribution is 6.35. The van der Waals surface area contributed by atoms with Crippen LogP contribution in [0.1, 0.15) is 24.2 Å². The fourth-order valence-corrected chi connectivity index (χ4v) is 2.76. The van der Waals surface area contributed by atoms with Gasteiger partial charge in [-0.15, -0.1) is 0 Å².